The van der Waals surface area contributed by atoms with Crippen LogP contribution in [0.15, 0.2) is 18.5 Å². The summed E-state index contributed by atoms with van der Waals surface area (Å²) >= 11 is 5.81. The van der Waals surface area contributed by atoms with Crippen LogP contribution in [0.1, 0.15) is 25.1 Å². The highest BCUT2D eigenvalue weighted by Crippen LogP contribution is 2.14. The summed E-state index contributed by atoms with van der Waals surface area (Å²) in [7, 11) is 0. The van der Waals surface area contributed by atoms with Crippen molar-refractivity contribution in [2.45, 2.75) is 32.9 Å². The Labute approximate surface area is 137 Å². The van der Waals surface area contributed by atoms with Crippen molar-refractivity contribution in [3.05, 3.63) is 39.3 Å². The van der Waals surface area contributed by atoms with E-state index in [0.717, 1.165) is 0 Å². The molecule has 9 nitrogen and oxygen atoms in total. The first-order valence-corrected chi connectivity index (χ1v) is 7.46. The monoisotopic (exact) mass is 340 g/mol. The Kier molecular flexibility index (Phi) is 5.32. The third-order valence-corrected chi connectivity index (χ3v) is 3.55. The standard InChI is InChI=1S/C13H17ClN6O3/c1-3-11(19-8-10(14)7-16-19)13(21)15-4-5-18-9(2)6-12(17-18)20(22)23/h6-8,11H,3-5H2,1-2H3,(H,15,21). The smallest absolute Gasteiger partial charge is 0.358 e. The van der Waals surface area contributed by atoms with Gasteiger partial charge in [-0.25, -0.2) is 0 Å². The number of nitrogens with one attached hydrogen (secondary N) is 1. The summed E-state index contributed by atoms with van der Waals surface area (Å²) in [5, 5.41) is 21.8. The van der Waals surface area contributed by atoms with Crippen molar-refractivity contribution < 1.29 is 9.72 Å². The Balaban J connectivity index is 1.92. The van der Waals surface area contributed by atoms with Crippen LogP contribution in [-0.4, -0.2) is 36.9 Å². The second kappa shape index (κ2) is 7.23. The van der Waals surface area contributed by atoms with Crippen LogP contribution in [-0.2, 0) is 11.3 Å². The molecule has 2 aromatic heterocycles. The van der Waals surface area contributed by atoms with Crippen LogP contribution in [0.2, 0.25) is 5.02 Å². The molecule has 1 amide bonds. The predicted molar refractivity (Wildman–Crippen MR) is 83.2 cm³/mol. The van der Waals surface area contributed by atoms with Gasteiger partial charge in [-0.05, 0) is 18.3 Å². The highest BCUT2D eigenvalue weighted by molar-refractivity contribution is 6.30. The first-order valence-electron chi connectivity index (χ1n) is 7.08. The lowest BCUT2D eigenvalue weighted by Crippen LogP contribution is -2.34. The van der Waals surface area contributed by atoms with Crippen LogP contribution < -0.4 is 5.32 Å². The third kappa shape index (κ3) is 4.07. The van der Waals surface area contributed by atoms with Crippen molar-refractivity contribution in [1.29, 1.82) is 0 Å². The average molecular weight is 341 g/mol. The molecule has 0 aromatic carbocycles. The van der Waals surface area contributed by atoms with Crippen molar-refractivity contribution in [3.63, 3.8) is 0 Å². The summed E-state index contributed by atoms with van der Waals surface area (Å²) in [4.78, 5) is 22.3. The van der Waals surface area contributed by atoms with Gasteiger partial charge in [0, 0.05) is 12.7 Å². The summed E-state index contributed by atoms with van der Waals surface area (Å²) in [5.74, 6) is -0.391. The third-order valence-electron chi connectivity index (χ3n) is 3.36. The number of nitrogens with zero attached hydrogens (tertiary/aromatic N) is 5. The number of aryl methyl sites for hydroxylation is 1. The van der Waals surface area contributed by atoms with Crippen molar-refractivity contribution in [3.8, 4) is 0 Å². The van der Waals surface area contributed by atoms with Crippen LogP contribution in [0.25, 0.3) is 0 Å². The molecule has 124 valence electrons. The molecular weight excluding hydrogens is 324 g/mol. The number of hydrogen-bond acceptors (Lipinski definition) is 5. The molecule has 0 fully saturated rings. The molecule has 1 N–H and O–H groups in total. The molecule has 23 heavy (non-hydrogen) atoms. The first-order chi connectivity index (χ1) is 10.9. The maximum absolute atomic E-state index is 12.2. The Hall–Kier alpha value is -2.42. The van der Waals surface area contributed by atoms with Crippen LogP contribution in [0.5, 0.6) is 0 Å². The number of hydrogen-bond donors (Lipinski definition) is 1. The molecule has 10 heteroatoms. The summed E-state index contributed by atoms with van der Waals surface area (Å²) in [5.41, 5.74) is 0.664. The minimum absolute atomic E-state index is 0.188. The van der Waals surface area contributed by atoms with Gasteiger partial charge < -0.3 is 15.4 Å². The number of carbonyl (C=O) groups excluding carboxylic acids is 1. The molecule has 0 aliphatic heterocycles. The molecule has 2 rings (SSSR count). The van der Waals surface area contributed by atoms with E-state index >= 15 is 0 Å². The summed E-state index contributed by atoms with van der Waals surface area (Å²) in [6.45, 7) is 4.26. The van der Waals surface area contributed by atoms with Crippen LogP contribution in [0, 0.1) is 17.0 Å². The zero-order valence-electron chi connectivity index (χ0n) is 12.8. The minimum Gasteiger partial charge on any atom is -0.358 e. The Bertz CT molecular complexity index is 710. The van der Waals surface area contributed by atoms with E-state index in [4.69, 9.17) is 11.6 Å². The van der Waals surface area contributed by atoms with E-state index in [2.05, 4.69) is 15.5 Å². The van der Waals surface area contributed by atoms with Gasteiger partial charge in [-0.1, -0.05) is 18.5 Å². The highest BCUT2D eigenvalue weighted by Gasteiger charge is 2.20. The van der Waals surface area contributed by atoms with Crippen molar-refractivity contribution in [2.24, 2.45) is 0 Å². The van der Waals surface area contributed by atoms with E-state index < -0.39 is 11.0 Å². The molecule has 0 saturated carbocycles. The van der Waals surface area contributed by atoms with E-state index in [1.54, 1.807) is 13.1 Å². The molecule has 0 bridgehead atoms. The first kappa shape index (κ1) is 16.9. The maximum atomic E-state index is 12.2. The van der Waals surface area contributed by atoms with Crippen LogP contribution in [0.3, 0.4) is 0 Å². The number of nitro groups is 1. The second-order valence-electron chi connectivity index (χ2n) is 4.98. The van der Waals surface area contributed by atoms with E-state index in [9.17, 15) is 14.9 Å². The normalized spacial score (nSPS) is 12.1. The lowest BCUT2D eigenvalue weighted by atomic mass is 10.2. The topological polar surface area (TPSA) is 108 Å². The highest BCUT2D eigenvalue weighted by atomic mass is 35.5. The zero-order chi connectivity index (χ0) is 17.0. The lowest BCUT2D eigenvalue weighted by molar-refractivity contribution is -0.389. The Morgan fingerprint density at radius 3 is 2.83 bits per heavy atom. The predicted octanol–water partition coefficient (Wildman–Crippen LogP) is 1.72. The molecule has 0 radical (unpaired) electrons. The van der Waals surface area contributed by atoms with Crippen LogP contribution >= 0.6 is 11.6 Å². The molecule has 2 aromatic rings. The number of halogens is 1. The number of amides is 1. The summed E-state index contributed by atoms with van der Waals surface area (Å²) in [6.07, 6.45) is 3.64. The van der Waals surface area contributed by atoms with Gasteiger partial charge in [0.1, 0.15) is 6.04 Å². The lowest BCUT2D eigenvalue weighted by Gasteiger charge is -2.15. The fraction of sp³-hybridized carbons (Fsp3) is 0.462. The molecule has 1 unspecified atom stereocenters. The minimum atomic E-state index is -0.545. The van der Waals surface area contributed by atoms with E-state index in [1.807, 2.05) is 6.92 Å². The fourth-order valence-corrected chi connectivity index (χ4v) is 2.33. The van der Waals surface area contributed by atoms with Gasteiger partial charge in [-0.2, -0.15) is 9.78 Å². The fourth-order valence-electron chi connectivity index (χ4n) is 2.19. The number of carbonyl (C=O) groups is 1. The van der Waals surface area contributed by atoms with Gasteiger partial charge in [-0.3, -0.25) is 9.48 Å². The molecule has 2 heterocycles. The average Bonchev–Trinajstić information content (AvgIpc) is 3.07. The largest absolute Gasteiger partial charge is 0.390 e. The van der Waals surface area contributed by atoms with Gasteiger partial charge in [0.2, 0.25) is 5.91 Å². The van der Waals surface area contributed by atoms with Gasteiger partial charge in [0.15, 0.2) is 0 Å². The second-order valence-corrected chi connectivity index (χ2v) is 5.41. The number of aromatic nitrogens is 4. The summed E-state index contributed by atoms with van der Waals surface area (Å²) < 4.78 is 3.01. The van der Waals surface area contributed by atoms with E-state index in [-0.39, 0.29) is 11.7 Å². The molecule has 0 saturated heterocycles. The maximum Gasteiger partial charge on any atom is 0.390 e. The molecule has 0 spiro atoms. The van der Waals surface area contributed by atoms with Crippen LogP contribution in [0.4, 0.5) is 5.82 Å². The molecular formula is C13H17ClN6O3. The van der Waals surface area contributed by atoms with Gasteiger partial charge >= 0.3 is 5.82 Å². The van der Waals surface area contributed by atoms with Gasteiger partial charge in [-0.15, -0.1) is 0 Å². The summed E-state index contributed by atoms with van der Waals surface area (Å²) in [6, 6.07) is 0.943. The van der Waals surface area contributed by atoms with E-state index in [1.165, 1.54) is 21.6 Å². The van der Waals surface area contributed by atoms with E-state index in [0.29, 0.717) is 30.2 Å². The SMILES string of the molecule is CCC(C(=O)NCCn1nc([N+](=O)[O-])cc1C)n1cc(Cl)cn1. The molecule has 0 aliphatic carbocycles. The molecule has 0 aliphatic rings. The van der Waals surface area contributed by atoms with Crippen molar-refractivity contribution in [1.82, 2.24) is 24.9 Å². The zero-order valence-corrected chi connectivity index (χ0v) is 13.5. The van der Waals surface area contributed by atoms with Gasteiger partial charge in [0.05, 0.1) is 34.6 Å². The quantitative estimate of drug-likeness (QED) is 0.609. The Morgan fingerprint density at radius 2 is 2.30 bits per heavy atom. The molecule has 1 atom stereocenters. The van der Waals surface area contributed by atoms with Crippen molar-refractivity contribution in [2.75, 3.05) is 6.54 Å². The Morgan fingerprint density at radius 1 is 1.57 bits per heavy atom. The number of rotatable bonds is 7. The van der Waals surface area contributed by atoms with Gasteiger partial charge in [0.25, 0.3) is 0 Å². The van der Waals surface area contributed by atoms with Crippen molar-refractivity contribution >= 4 is 23.3 Å².